The lowest BCUT2D eigenvalue weighted by Crippen LogP contribution is -2.28. The number of hydrogen-bond acceptors (Lipinski definition) is 7. The first-order valence-corrected chi connectivity index (χ1v) is 7.03. The van der Waals surface area contributed by atoms with Gasteiger partial charge in [0, 0.05) is 23.6 Å². The molecule has 0 atom stereocenters. The highest BCUT2D eigenvalue weighted by molar-refractivity contribution is 8.00. The van der Waals surface area contributed by atoms with Gasteiger partial charge in [-0.2, -0.15) is 11.8 Å². The van der Waals surface area contributed by atoms with Gasteiger partial charge in [0.25, 0.3) is 0 Å². The molecule has 0 aliphatic carbocycles. The van der Waals surface area contributed by atoms with Gasteiger partial charge in [-0.3, -0.25) is 10.1 Å². The first-order valence-electron chi connectivity index (χ1n) is 6.04. The quantitative estimate of drug-likeness (QED) is 0.651. The average molecular weight is 283 g/mol. The Bertz CT molecular complexity index is 494. The average Bonchev–Trinajstić information content (AvgIpc) is 2.49. The summed E-state index contributed by atoms with van der Waals surface area (Å²) >= 11 is 1.87. The lowest BCUT2D eigenvalue weighted by molar-refractivity contribution is -0.383. The summed E-state index contributed by atoms with van der Waals surface area (Å²) < 4.78 is 0.183. The molecule has 2 rings (SSSR count). The van der Waals surface area contributed by atoms with Crippen molar-refractivity contribution in [3.05, 3.63) is 16.4 Å². The molecule has 2 heterocycles. The van der Waals surface area contributed by atoms with E-state index in [1.54, 1.807) is 0 Å². The molecule has 0 aromatic carbocycles. The second-order valence-corrected chi connectivity index (χ2v) is 6.84. The molecule has 0 amide bonds. The van der Waals surface area contributed by atoms with Crippen LogP contribution in [0.4, 0.5) is 17.3 Å². The van der Waals surface area contributed by atoms with Crippen LogP contribution in [-0.4, -0.2) is 38.5 Å². The Morgan fingerprint density at radius 2 is 2.21 bits per heavy atom. The minimum Gasteiger partial charge on any atom is -0.378 e. The molecule has 19 heavy (non-hydrogen) atoms. The lowest BCUT2D eigenvalue weighted by atomic mass is 10.1. The predicted molar refractivity (Wildman–Crippen MR) is 76.5 cm³/mol. The number of nitrogens with zero attached hydrogens (tertiary/aromatic N) is 4. The van der Waals surface area contributed by atoms with Gasteiger partial charge in [0.05, 0.1) is 4.92 Å². The Kier molecular flexibility index (Phi) is 3.79. The summed E-state index contributed by atoms with van der Waals surface area (Å²) in [5.74, 6) is 1.16. The van der Waals surface area contributed by atoms with E-state index >= 15 is 0 Å². The van der Waals surface area contributed by atoms with E-state index in [9.17, 15) is 10.1 Å². The van der Waals surface area contributed by atoms with Crippen LogP contribution in [0.5, 0.6) is 0 Å². The highest BCUT2D eigenvalue weighted by Crippen LogP contribution is 2.35. The monoisotopic (exact) mass is 283 g/mol. The number of nitrogen functional groups attached to an aromatic ring is 1. The van der Waals surface area contributed by atoms with E-state index in [1.165, 1.54) is 6.33 Å². The number of aromatic nitrogens is 2. The van der Waals surface area contributed by atoms with Crippen molar-refractivity contribution in [1.82, 2.24) is 9.97 Å². The minimum absolute atomic E-state index is 0.0776. The normalized spacial score (nSPS) is 18.9. The molecule has 0 unspecified atom stereocenters. The summed E-state index contributed by atoms with van der Waals surface area (Å²) in [7, 11) is 0. The topological polar surface area (TPSA) is 98.2 Å². The zero-order valence-corrected chi connectivity index (χ0v) is 11.8. The molecule has 1 aromatic heterocycles. The molecule has 2 N–H and O–H groups in total. The van der Waals surface area contributed by atoms with E-state index in [1.807, 2.05) is 16.7 Å². The van der Waals surface area contributed by atoms with Gasteiger partial charge in [-0.05, 0) is 6.42 Å². The van der Waals surface area contributed by atoms with Crippen molar-refractivity contribution in [1.29, 1.82) is 0 Å². The number of nitro groups is 1. The first-order chi connectivity index (χ1) is 8.91. The molecule has 1 aromatic rings. The van der Waals surface area contributed by atoms with E-state index in [4.69, 9.17) is 5.73 Å². The van der Waals surface area contributed by atoms with Crippen LogP contribution in [0.25, 0.3) is 0 Å². The molecule has 8 heteroatoms. The van der Waals surface area contributed by atoms with Crippen LogP contribution in [-0.2, 0) is 0 Å². The Balaban J connectivity index is 2.32. The van der Waals surface area contributed by atoms with Crippen molar-refractivity contribution < 1.29 is 4.92 Å². The number of thioether (sulfide) groups is 1. The second-order valence-electron chi connectivity index (χ2n) is 5.03. The number of hydrogen-bond donors (Lipinski definition) is 1. The maximum atomic E-state index is 11.1. The van der Waals surface area contributed by atoms with E-state index in [0.29, 0.717) is 5.82 Å². The Morgan fingerprint density at radius 1 is 1.47 bits per heavy atom. The van der Waals surface area contributed by atoms with Gasteiger partial charge in [0.1, 0.15) is 6.33 Å². The highest BCUT2D eigenvalue weighted by atomic mass is 32.2. The lowest BCUT2D eigenvalue weighted by Gasteiger charge is -2.23. The van der Waals surface area contributed by atoms with Gasteiger partial charge in [-0.15, -0.1) is 0 Å². The van der Waals surface area contributed by atoms with Crippen molar-refractivity contribution in [3.8, 4) is 0 Å². The zero-order valence-electron chi connectivity index (χ0n) is 11.0. The number of rotatable bonds is 2. The van der Waals surface area contributed by atoms with Crippen molar-refractivity contribution in [3.63, 3.8) is 0 Å². The molecule has 1 aliphatic heterocycles. The van der Waals surface area contributed by atoms with Gasteiger partial charge in [0.2, 0.25) is 11.6 Å². The van der Waals surface area contributed by atoms with Crippen LogP contribution in [0.3, 0.4) is 0 Å². The van der Waals surface area contributed by atoms with Gasteiger partial charge in [0.15, 0.2) is 0 Å². The van der Waals surface area contributed by atoms with Crippen LogP contribution in [0, 0.1) is 10.1 Å². The van der Waals surface area contributed by atoms with Gasteiger partial charge in [-0.1, -0.05) is 13.8 Å². The Morgan fingerprint density at radius 3 is 2.89 bits per heavy atom. The molecule has 7 nitrogen and oxygen atoms in total. The molecule has 1 fully saturated rings. The van der Waals surface area contributed by atoms with Gasteiger partial charge < -0.3 is 10.6 Å². The predicted octanol–water partition coefficient (Wildman–Crippen LogP) is 1.69. The summed E-state index contributed by atoms with van der Waals surface area (Å²) in [4.78, 5) is 20.3. The standard InChI is InChI=1S/C11H17N5O2S/c1-11(2)3-4-15(5-6-19-11)10-8(16(17)18)9(12)13-7-14-10/h7H,3-6H2,1-2H3,(H2,12,13,14). The fraction of sp³-hybridized carbons (Fsp3) is 0.636. The Labute approximate surface area is 115 Å². The van der Waals surface area contributed by atoms with Gasteiger partial charge in [-0.25, -0.2) is 9.97 Å². The zero-order chi connectivity index (χ0) is 14.0. The van der Waals surface area contributed by atoms with Crippen molar-refractivity contribution in [2.24, 2.45) is 0 Å². The third-order valence-electron chi connectivity index (χ3n) is 3.15. The smallest absolute Gasteiger partial charge is 0.353 e. The van der Waals surface area contributed by atoms with Crippen molar-refractivity contribution in [2.75, 3.05) is 29.5 Å². The van der Waals surface area contributed by atoms with E-state index in [-0.39, 0.29) is 16.3 Å². The van der Waals surface area contributed by atoms with Crippen LogP contribution in [0.15, 0.2) is 6.33 Å². The van der Waals surface area contributed by atoms with Gasteiger partial charge >= 0.3 is 5.69 Å². The third-order valence-corrected chi connectivity index (χ3v) is 4.52. The molecule has 0 radical (unpaired) electrons. The summed E-state index contributed by atoms with van der Waals surface area (Å²) in [6, 6.07) is 0. The van der Waals surface area contributed by atoms with Crippen molar-refractivity contribution >= 4 is 29.1 Å². The van der Waals surface area contributed by atoms with Crippen LogP contribution in [0.1, 0.15) is 20.3 Å². The third kappa shape index (κ3) is 3.06. The Hall–Kier alpha value is -1.57. The molecule has 0 bridgehead atoms. The van der Waals surface area contributed by atoms with E-state index < -0.39 is 4.92 Å². The maximum Gasteiger partial charge on any atom is 0.353 e. The fourth-order valence-electron chi connectivity index (χ4n) is 2.02. The fourth-order valence-corrected chi connectivity index (χ4v) is 3.12. The summed E-state index contributed by atoms with van der Waals surface area (Å²) in [5.41, 5.74) is 5.41. The molecule has 1 aliphatic rings. The maximum absolute atomic E-state index is 11.1. The molecule has 104 valence electrons. The van der Waals surface area contributed by atoms with E-state index in [2.05, 4.69) is 23.8 Å². The molecular weight excluding hydrogens is 266 g/mol. The number of nitrogens with two attached hydrogens (primary N) is 1. The second kappa shape index (κ2) is 5.20. The highest BCUT2D eigenvalue weighted by Gasteiger charge is 2.29. The first kappa shape index (κ1) is 13.9. The molecule has 1 saturated heterocycles. The number of anilines is 2. The van der Waals surface area contributed by atoms with Crippen molar-refractivity contribution in [2.45, 2.75) is 25.0 Å². The SMILES string of the molecule is CC1(C)CCN(c2ncnc(N)c2[N+](=O)[O-])CCS1. The largest absolute Gasteiger partial charge is 0.378 e. The molecule has 0 spiro atoms. The summed E-state index contributed by atoms with van der Waals surface area (Å²) in [6.07, 6.45) is 2.22. The van der Waals surface area contributed by atoms with Crippen LogP contribution < -0.4 is 10.6 Å². The molecule has 0 saturated carbocycles. The molecular formula is C11H17N5O2S. The van der Waals surface area contributed by atoms with Crippen LogP contribution >= 0.6 is 11.8 Å². The van der Waals surface area contributed by atoms with Crippen LogP contribution in [0.2, 0.25) is 0 Å². The summed E-state index contributed by atoms with van der Waals surface area (Å²) in [6.45, 7) is 5.83. The summed E-state index contributed by atoms with van der Waals surface area (Å²) in [5, 5.41) is 11.1. The van der Waals surface area contributed by atoms with E-state index in [0.717, 1.165) is 25.3 Å². The minimum atomic E-state index is -0.506.